The highest BCUT2D eigenvalue weighted by atomic mass is 16.8. The van der Waals surface area contributed by atoms with Crippen molar-refractivity contribution in [1.82, 2.24) is 0 Å². The fourth-order valence-electron chi connectivity index (χ4n) is 8.45. The van der Waals surface area contributed by atoms with Gasteiger partial charge in [-0.05, 0) is 23.8 Å². The molecule has 13 nitrogen and oxygen atoms in total. The summed E-state index contributed by atoms with van der Waals surface area (Å²) >= 11 is 0. The van der Waals surface area contributed by atoms with Crippen molar-refractivity contribution in [3.8, 4) is 0 Å². The number of esters is 3. The highest BCUT2D eigenvalue weighted by Crippen LogP contribution is 2.84. The van der Waals surface area contributed by atoms with Gasteiger partial charge < -0.3 is 34.3 Å². The molecule has 33 heavy (non-hydrogen) atoms. The van der Waals surface area contributed by atoms with E-state index < -0.39 is 93.9 Å². The molecular formula is C20H23N3O10. The van der Waals surface area contributed by atoms with Gasteiger partial charge in [0, 0.05) is 4.91 Å². The van der Waals surface area contributed by atoms with Gasteiger partial charge in [-0.2, -0.15) is 0 Å². The quantitative estimate of drug-likeness (QED) is 0.141. The Morgan fingerprint density at radius 3 is 2.33 bits per heavy atom. The molecule has 3 N–H and O–H groups in total. The molecule has 2 aliphatic carbocycles. The second-order valence-corrected chi connectivity index (χ2v) is 11.0. The maximum absolute atomic E-state index is 13.6. The molecule has 0 radical (unpaired) electrons. The molecule has 4 saturated heterocycles. The zero-order valence-electron chi connectivity index (χ0n) is 18.2. The number of ether oxygens (including phenoxy) is 4. The van der Waals surface area contributed by atoms with Gasteiger partial charge in [-0.3, -0.25) is 4.79 Å². The van der Waals surface area contributed by atoms with E-state index in [9.17, 15) is 35.2 Å². The Labute approximate surface area is 186 Å². The van der Waals surface area contributed by atoms with Gasteiger partial charge in [0.1, 0.15) is 12.2 Å². The molecule has 0 amide bonds. The van der Waals surface area contributed by atoms with Crippen LogP contribution in [0, 0.1) is 28.1 Å². The molecule has 2 saturated carbocycles. The monoisotopic (exact) mass is 465 g/mol. The lowest BCUT2D eigenvalue weighted by atomic mass is 9.51. The first-order chi connectivity index (χ1) is 15.3. The van der Waals surface area contributed by atoms with Crippen LogP contribution in [0.3, 0.4) is 0 Å². The van der Waals surface area contributed by atoms with Crippen LogP contribution in [0.15, 0.2) is 5.11 Å². The Balaban J connectivity index is 1.76. The van der Waals surface area contributed by atoms with Crippen molar-refractivity contribution in [2.75, 3.05) is 0 Å². The second-order valence-electron chi connectivity index (χ2n) is 11.0. The summed E-state index contributed by atoms with van der Waals surface area (Å²) in [6, 6.07) is -1.15. The van der Waals surface area contributed by atoms with Crippen molar-refractivity contribution in [1.29, 1.82) is 0 Å². The maximum Gasteiger partial charge on any atom is 0.343 e. The molecule has 6 fully saturated rings. The third kappa shape index (κ3) is 1.60. The summed E-state index contributed by atoms with van der Waals surface area (Å²) in [7, 11) is 0. The minimum atomic E-state index is -2.42. The van der Waals surface area contributed by atoms with Crippen molar-refractivity contribution >= 4 is 17.9 Å². The van der Waals surface area contributed by atoms with E-state index in [1.807, 2.05) is 0 Å². The fraction of sp³-hybridized carbons (Fsp3) is 0.850. The van der Waals surface area contributed by atoms with Gasteiger partial charge in [-0.15, -0.1) is 0 Å². The number of fused-ring (bicyclic) bond motifs is 1. The van der Waals surface area contributed by atoms with E-state index in [0.717, 1.165) is 0 Å². The third-order valence-electron chi connectivity index (χ3n) is 9.13. The van der Waals surface area contributed by atoms with Crippen LogP contribution in [-0.2, 0) is 33.3 Å². The van der Waals surface area contributed by atoms with E-state index in [0.29, 0.717) is 0 Å². The molecule has 6 rings (SSSR count). The van der Waals surface area contributed by atoms with Crippen molar-refractivity contribution in [2.45, 2.75) is 75.6 Å². The Hall–Kier alpha value is -2.44. The van der Waals surface area contributed by atoms with Crippen LogP contribution in [0.5, 0.6) is 0 Å². The summed E-state index contributed by atoms with van der Waals surface area (Å²) in [5.41, 5.74) is -0.138. The Bertz CT molecular complexity index is 1080. The first-order valence-corrected chi connectivity index (χ1v) is 10.7. The smallest absolute Gasteiger partial charge is 0.343 e. The molecule has 0 aromatic rings. The summed E-state index contributed by atoms with van der Waals surface area (Å²) < 4.78 is 22.5. The predicted molar refractivity (Wildman–Crippen MR) is 100 cm³/mol. The summed E-state index contributed by atoms with van der Waals surface area (Å²) in [5, 5.41) is 39.0. The van der Waals surface area contributed by atoms with Crippen molar-refractivity contribution < 1.29 is 48.7 Å². The Morgan fingerprint density at radius 1 is 1.06 bits per heavy atom. The summed E-state index contributed by atoms with van der Waals surface area (Å²) in [4.78, 5) is 41.6. The zero-order chi connectivity index (χ0) is 24.1. The number of carbonyl (C=O) groups excluding carboxylic acids is 3. The molecule has 0 aromatic carbocycles. The van der Waals surface area contributed by atoms with Crippen LogP contribution in [-0.4, -0.2) is 81.2 Å². The zero-order valence-corrected chi connectivity index (χ0v) is 18.2. The van der Waals surface area contributed by atoms with Crippen LogP contribution in [0.1, 0.15) is 27.7 Å². The number of aliphatic hydroxyl groups excluding tert-OH is 2. The van der Waals surface area contributed by atoms with E-state index in [1.165, 1.54) is 6.92 Å². The van der Waals surface area contributed by atoms with Crippen LogP contribution < -0.4 is 0 Å². The van der Waals surface area contributed by atoms with Gasteiger partial charge in [0.05, 0.1) is 22.8 Å². The molecule has 178 valence electrons. The standard InChI is InChI=1S/C20H23N3O10/c1-5-12(26)30-11-8(24)18-10-6(22-23-21)7(16(2,3)4)17(18)9(25)13(27)32-15(17)33-20(18,14(28)31-10)19(5,11)29/h5-11,15,24-25,29H,1-4H3/t5-,6+,7+,8+,9-,10?,11?,15?,17?,18?,19-,20?/m1/s1. The summed E-state index contributed by atoms with van der Waals surface area (Å²) in [6.45, 7) is 6.66. The lowest BCUT2D eigenvalue weighted by molar-refractivity contribution is -0.239. The average molecular weight is 465 g/mol. The van der Waals surface area contributed by atoms with Crippen molar-refractivity contribution in [3.05, 3.63) is 10.4 Å². The highest BCUT2D eigenvalue weighted by molar-refractivity contribution is 5.94. The number of azide groups is 1. The van der Waals surface area contributed by atoms with Crippen LogP contribution in [0.2, 0.25) is 0 Å². The number of hydrogen-bond donors (Lipinski definition) is 3. The second kappa shape index (κ2) is 5.44. The summed E-state index contributed by atoms with van der Waals surface area (Å²) in [5.74, 6) is -5.23. The van der Waals surface area contributed by atoms with Gasteiger partial charge >= 0.3 is 17.9 Å². The molecule has 4 heterocycles. The van der Waals surface area contributed by atoms with Crippen molar-refractivity contribution in [2.24, 2.45) is 33.2 Å². The topological polar surface area (TPSA) is 198 Å². The first-order valence-electron chi connectivity index (χ1n) is 10.7. The van der Waals surface area contributed by atoms with Gasteiger partial charge in [-0.1, -0.05) is 25.9 Å². The lowest BCUT2D eigenvalue weighted by Gasteiger charge is -2.47. The van der Waals surface area contributed by atoms with Crippen LogP contribution >= 0.6 is 0 Å². The molecule has 6 aliphatic rings. The van der Waals surface area contributed by atoms with E-state index in [4.69, 9.17) is 18.9 Å². The van der Waals surface area contributed by atoms with Gasteiger partial charge in [-0.25, -0.2) is 9.59 Å². The maximum atomic E-state index is 13.6. The van der Waals surface area contributed by atoms with E-state index in [2.05, 4.69) is 10.0 Å². The fourth-order valence-corrected chi connectivity index (χ4v) is 8.45. The molecule has 0 aromatic heterocycles. The molecule has 13 heteroatoms. The van der Waals surface area contributed by atoms with E-state index in [1.54, 1.807) is 20.8 Å². The number of rotatable bonds is 1. The Kier molecular flexibility index (Phi) is 3.48. The van der Waals surface area contributed by atoms with Gasteiger partial charge in [0.25, 0.3) is 0 Å². The number of nitrogens with zero attached hydrogens (tertiary/aromatic N) is 3. The largest absolute Gasteiger partial charge is 0.459 e. The minimum absolute atomic E-state index is 0.806. The SMILES string of the molecule is C[C@@H]1C(=O)OC2[C@H](O)C34C5OC(=O)C3(OC3OC(=O)[C@@H](O)C34[C@H](C(C)(C)C)[C@@H]5N=[N+]=[N-])[C@]21O. The highest BCUT2D eigenvalue weighted by Gasteiger charge is 3.05. The van der Waals surface area contributed by atoms with Crippen molar-refractivity contribution in [3.63, 3.8) is 0 Å². The number of aliphatic hydroxyl groups is 3. The van der Waals surface area contributed by atoms with Gasteiger partial charge in [0.15, 0.2) is 17.8 Å². The van der Waals surface area contributed by atoms with Crippen LogP contribution in [0.4, 0.5) is 0 Å². The first kappa shape index (κ1) is 21.1. The van der Waals surface area contributed by atoms with Crippen LogP contribution in [0.25, 0.3) is 10.4 Å². The molecule has 2 spiro atoms. The van der Waals surface area contributed by atoms with E-state index >= 15 is 0 Å². The molecule has 0 bridgehead atoms. The molecule has 6 unspecified atom stereocenters. The Morgan fingerprint density at radius 2 is 1.73 bits per heavy atom. The number of carbonyl (C=O) groups is 3. The molecule has 4 aliphatic heterocycles. The van der Waals surface area contributed by atoms with Gasteiger partial charge in [0.2, 0.25) is 11.9 Å². The lowest BCUT2D eigenvalue weighted by Crippen LogP contribution is -2.67. The minimum Gasteiger partial charge on any atom is -0.459 e. The molecular weight excluding hydrogens is 442 g/mol. The van der Waals surface area contributed by atoms with E-state index in [-0.39, 0.29) is 0 Å². The summed E-state index contributed by atoms with van der Waals surface area (Å²) in [6.07, 6.45) is -8.31. The molecule has 12 atom stereocenters. The third-order valence-corrected chi connectivity index (χ3v) is 9.13. The normalized spacial score (nSPS) is 57.6. The number of hydrogen-bond acceptors (Lipinski definition) is 11. The predicted octanol–water partition coefficient (Wildman–Crippen LogP) is -1.08. The average Bonchev–Trinajstić information content (AvgIpc) is 3.41.